The Labute approximate surface area is 116 Å². The lowest BCUT2D eigenvalue weighted by molar-refractivity contribution is -0.146. The molecule has 0 aromatic carbocycles. The predicted molar refractivity (Wildman–Crippen MR) is 73.1 cm³/mol. The number of ether oxygens (including phenoxy) is 3. The van der Waals surface area contributed by atoms with Gasteiger partial charge in [0.1, 0.15) is 6.04 Å². The van der Waals surface area contributed by atoms with Crippen LogP contribution in [0.25, 0.3) is 0 Å². The highest BCUT2D eigenvalue weighted by Gasteiger charge is 2.23. The third kappa shape index (κ3) is 5.89. The molecule has 112 valence electrons. The molecule has 0 spiro atoms. The van der Waals surface area contributed by atoms with Crippen LogP contribution >= 0.6 is 0 Å². The topological polar surface area (TPSA) is 56.8 Å². The molecule has 0 aliphatic heterocycles. The quantitative estimate of drug-likeness (QED) is 0.679. The van der Waals surface area contributed by atoms with Crippen molar-refractivity contribution in [3.8, 4) is 0 Å². The summed E-state index contributed by atoms with van der Waals surface area (Å²) in [5, 5.41) is 2.97. The Morgan fingerprint density at radius 3 is 2.74 bits per heavy atom. The Balaban J connectivity index is 2.22. The summed E-state index contributed by atoms with van der Waals surface area (Å²) < 4.78 is 16.2. The van der Waals surface area contributed by atoms with E-state index < -0.39 is 0 Å². The first-order valence-corrected chi connectivity index (χ1v) is 7.19. The third-order valence-electron chi connectivity index (χ3n) is 3.59. The van der Waals surface area contributed by atoms with Gasteiger partial charge in [-0.3, -0.25) is 4.79 Å². The minimum atomic E-state index is -0.276. The van der Waals surface area contributed by atoms with Gasteiger partial charge in [-0.25, -0.2) is 0 Å². The number of rotatable bonds is 8. The molecule has 0 radical (unpaired) electrons. The lowest BCUT2D eigenvalue weighted by Crippen LogP contribution is -2.37. The van der Waals surface area contributed by atoms with E-state index in [0.717, 1.165) is 25.7 Å². The van der Waals surface area contributed by atoms with Crippen LogP contribution in [0.4, 0.5) is 0 Å². The van der Waals surface area contributed by atoms with E-state index in [4.69, 9.17) is 14.2 Å². The van der Waals surface area contributed by atoms with Gasteiger partial charge in [0.15, 0.2) is 0 Å². The van der Waals surface area contributed by atoms with Crippen LogP contribution in [-0.4, -0.2) is 51.6 Å². The molecule has 1 fully saturated rings. The first kappa shape index (κ1) is 16.4. The van der Waals surface area contributed by atoms with Crippen LogP contribution in [0.1, 0.15) is 39.0 Å². The summed E-state index contributed by atoms with van der Waals surface area (Å²) >= 11 is 0. The average molecular weight is 273 g/mol. The molecule has 3 unspecified atom stereocenters. The van der Waals surface area contributed by atoms with Gasteiger partial charge in [-0.1, -0.05) is 0 Å². The van der Waals surface area contributed by atoms with E-state index in [9.17, 15) is 4.79 Å². The second-order valence-corrected chi connectivity index (χ2v) is 4.90. The Morgan fingerprint density at radius 2 is 2.11 bits per heavy atom. The largest absolute Gasteiger partial charge is 0.465 e. The Bertz CT molecular complexity index is 260. The molecule has 5 nitrogen and oxygen atoms in total. The molecule has 0 saturated heterocycles. The zero-order chi connectivity index (χ0) is 14.1. The molecule has 1 N–H and O–H groups in total. The third-order valence-corrected chi connectivity index (χ3v) is 3.59. The highest BCUT2D eigenvalue weighted by Crippen LogP contribution is 2.23. The van der Waals surface area contributed by atoms with E-state index in [2.05, 4.69) is 5.32 Å². The molecule has 19 heavy (non-hydrogen) atoms. The van der Waals surface area contributed by atoms with Crippen molar-refractivity contribution in [1.82, 2.24) is 5.32 Å². The Morgan fingerprint density at radius 1 is 1.37 bits per heavy atom. The number of nitrogens with one attached hydrogen (secondary N) is 1. The summed E-state index contributed by atoms with van der Waals surface area (Å²) in [7, 11) is 3.52. The summed E-state index contributed by atoms with van der Waals surface area (Å²) in [5.74, 6) is -0.202. The highest BCUT2D eigenvalue weighted by molar-refractivity contribution is 5.75. The molecule has 5 heteroatoms. The van der Waals surface area contributed by atoms with Crippen LogP contribution in [0.2, 0.25) is 0 Å². The minimum Gasteiger partial charge on any atom is -0.465 e. The molecule has 0 aromatic rings. The van der Waals surface area contributed by atoms with E-state index in [1.165, 1.54) is 0 Å². The summed E-state index contributed by atoms with van der Waals surface area (Å²) in [5.41, 5.74) is 0. The number of hydrogen-bond acceptors (Lipinski definition) is 5. The van der Waals surface area contributed by atoms with Crippen LogP contribution < -0.4 is 5.32 Å². The smallest absolute Gasteiger partial charge is 0.323 e. The molecule has 1 rings (SSSR count). The lowest BCUT2D eigenvalue weighted by atomic mass is 9.95. The molecule has 1 aliphatic carbocycles. The van der Waals surface area contributed by atoms with Gasteiger partial charge in [0.25, 0.3) is 0 Å². The molecule has 0 aromatic heterocycles. The molecule has 0 bridgehead atoms. The predicted octanol–water partition coefficient (Wildman–Crippen LogP) is 1.50. The monoisotopic (exact) mass is 273 g/mol. The van der Waals surface area contributed by atoms with Crippen molar-refractivity contribution in [2.24, 2.45) is 0 Å². The van der Waals surface area contributed by atoms with Crippen LogP contribution in [0.3, 0.4) is 0 Å². The maximum Gasteiger partial charge on any atom is 0.323 e. The maximum absolute atomic E-state index is 11.6. The molecule has 0 heterocycles. The fraction of sp³-hybridized carbons (Fsp3) is 0.929. The van der Waals surface area contributed by atoms with E-state index in [-0.39, 0.29) is 18.1 Å². The number of hydrogen-bond donors (Lipinski definition) is 1. The van der Waals surface area contributed by atoms with Crippen molar-refractivity contribution < 1.29 is 19.0 Å². The second-order valence-electron chi connectivity index (χ2n) is 4.90. The molecule has 0 amide bonds. The van der Waals surface area contributed by atoms with Gasteiger partial charge < -0.3 is 19.5 Å². The number of carbonyl (C=O) groups is 1. The Hall–Kier alpha value is -0.650. The van der Waals surface area contributed by atoms with Crippen LogP contribution in [0.5, 0.6) is 0 Å². The number of carbonyl (C=O) groups excluding carboxylic acids is 1. The molecular weight excluding hydrogens is 246 g/mol. The maximum atomic E-state index is 11.6. The van der Waals surface area contributed by atoms with Crippen molar-refractivity contribution >= 4 is 5.97 Å². The first-order valence-electron chi connectivity index (χ1n) is 7.19. The van der Waals surface area contributed by atoms with Crippen LogP contribution in [-0.2, 0) is 19.0 Å². The van der Waals surface area contributed by atoms with Crippen LogP contribution in [0.15, 0.2) is 0 Å². The standard InChI is InChI=1S/C14H27NO4/c1-4-18-14(16)13(15-2)8-9-19-12-7-5-6-11(10-12)17-3/h11-13,15H,4-10H2,1-3H3. The summed E-state index contributed by atoms with van der Waals surface area (Å²) in [6.07, 6.45) is 5.55. The highest BCUT2D eigenvalue weighted by atomic mass is 16.5. The van der Waals surface area contributed by atoms with Crippen molar-refractivity contribution in [3.05, 3.63) is 0 Å². The molecule has 3 atom stereocenters. The van der Waals surface area contributed by atoms with Gasteiger partial charge in [-0.2, -0.15) is 0 Å². The summed E-state index contributed by atoms with van der Waals surface area (Å²) in [4.78, 5) is 11.6. The summed E-state index contributed by atoms with van der Waals surface area (Å²) in [6, 6.07) is -0.276. The molecular formula is C14H27NO4. The van der Waals surface area contributed by atoms with Crippen molar-refractivity contribution in [2.75, 3.05) is 27.4 Å². The van der Waals surface area contributed by atoms with E-state index >= 15 is 0 Å². The first-order chi connectivity index (χ1) is 9.21. The van der Waals surface area contributed by atoms with Gasteiger partial charge >= 0.3 is 5.97 Å². The number of esters is 1. The van der Waals surface area contributed by atoms with Crippen molar-refractivity contribution in [3.63, 3.8) is 0 Å². The Kier molecular flexibility index (Phi) is 8.02. The van der Waals surface area contributed by atoms with E-state index in [0.29, 0.717) is 25.7 Å². The zero-order valence-corrected chi connectivity index (χ0v) is 12.3. The van der Waals surface area contributed by atoms with Gasteiger partial charge in [-0.05, 0) is 46.1 Å². The summed E-state index contributed by atoms with van der Waals surface area (Å²) in [6.45, 7) is 2.80. The number of methoxy groups -OCH3 is 1. The van der Waals surface area contributed by atoms with Crippen LogP contribution in [0, 0.1) is 0 Å². The average Bonchev–Trinajstić information content (AvgIpc) is 2.44. The molecule has 1 aliphatic rings. The van der Waals surface area contributed by atoms with Crippen molar-refractivity contribution in [2.45, 2.75) is 57.3 Å². The fourth-order valence-electron chi connectivity index (χ4n) is 2.44. The lowest BCUT2D eigenvalue weighted by Gasteiger charge is -2.28. The fourth-order valence-corrected chi connectivity index (χ4v) is 2.44. The van der Waals surface area contributed by atoms with Gasteiger partial charge in [0, 0.05) is 13.7 Å². The molecule has 1 saturated carbocycles. The van der Waals surface area contributed by atoms with E-state index in [1.807, 2.05) is 6.92 Å². The normalized spacial score (nSPS) is 25.0. The number of likely N-dealkylation sites (N-methyl/N-ethyl adjacent to an activating group) is 1. The second kappa shape index (κ2) is 9.28. The minimum absolute atomic E-state index is 0.202. The van der Waals surface area contributed by atoms with E-state index in [1.54, 1.807) is 14.2 Å². The SMILES string of the molecule is CCOC(=O)C(CCOC1CCCC(OC)C1)NC. The van der Waals surface area contributed by atoms with Crippen molar-refractivity contribution in [1.29, 1.82) is 0 Å². The zero-order valence-electron chi connectivity index (χ0n) is 12.3. The van der Waals surface area contributed by atoms with Gasteiger partial charge in [0.05, 0.1) is 18.8 Å². The van der Waals surface area contributed by atoms with Gasteiger partial charge in [0.2, 0.25) is 0 Å². The van der Waals surface area contributed by atoms with Gasteiger partial charge in [-0.15, -0.1) is 0 Å².